The molecule has 1 aromatic rings. The highest BCUT2D eigenvalue weighted by molar-refractivity contribution is 5.48. The van der Waals surface area contributed by atoms with Crippen LogP contribution in [0, 0.1) is 6.92 Å². The number of hydrogen-bond acceptors (Lipinski definition) is 4. The molecule has 0 spiro atoms. The molecule has 3 rings (SSSR count). The van der Waals surface area contributed by atoms with Gasteiger partial charge in [-0.2, -0.15) is 0 Å². The largest absolute Gasteiger partial charge is 0.454 e. The molecule has 0 radical (unpaired) electrons. The molecule has 1 unspecified atom stereocenters. The third kappa shape index (κ3) is 2.44. The van der Waals surface area contributed by atoms with E-state index in [4.69, 9.17) is 9.47 Å². The van der Waals surface area contributed by atoms with Crippen molar-refractivity contribution >= 4 is 0 Å². The van der Waals surface area contributed by atoms with Gasteiger partial charge < -0.3 is 20.1 Å². The van der Waals surface area contributed by atoms with Crippen LogP contribution < -0.4 is 20.1 Å². The van der Waals surface area contributed by atoms with Gasteiger partial charge in [-0.05, 0) is 49.6 Å². The van der Waals surface area contributed by atoms with Gasteiger partial charge in [-0.15, -0.1) is 0 Å². The number of rotatable bonds is 4. The molecule has 2 heterocycles. The van der Waals surface area contributed by atoms with Crippen molar-refractivity contribution in [3.63, 3.8) is 0 Å². The van der Waals surface area contributed by atoms with Crippen LogP contribution in [0.1, 0.15) is 24.0 Å². The Labute approximate surface area is 108 Å². The second-order valence-electron chi connectivity index (χ2n) is 5.06. The zero-order valence-corrected chi connectivity index (χ0v) is 10.8. The maximum absolute atomic E-state index is 5.41. The van der Waals surface area contributed by atoms with Gasteiger partial charge in [0.25, 0.3) is 0 Å². The normalized spacial score (nSPS) is 21.5. The molecule has 18 heavy (non-hydrogen) atoms. The number of nitrogens with one attached hydrogen (secondary N) is 2. The molecule has 0 aliphatic carbocycles. The summed E-state index contributed by atoms with van der Waals surface area (Å²) in [7, 11) is 0. The molecule has 0 saturated carbocycles. The predicted octanol–water partition coefficient (Wildman–Crippen LogP) is 1.57. The zero-order chi connectivity index (χ0) is 12.4. The molecule has 98 valence electrons. The maximum Gasteiger partial charge on any atom is 0.231 e. The van der Waals surface area contributed by atoms with Gasteiger partial charge in [-0.3, -0.25) is 0 Å². The Morgan fingerprint density at radius 1 is 1.33 bits per heavy atom. The molecule has 1 saturated heterocycles. The molecule has 0 aromatic heterocycles. The molecule has 1 aromatic carbocycles. The van der Waals surface area contributed by atoms with Crippen molar-refractivity contribution in [2.75, 3.05) is 19.9 Å². The minimum atomic E-state index is 0.345. The fourth-order valence-electron chi connectivity index (χ4n) is 2.59. The lowest BCUT2D eigenvalue weighted by atomic mass is 10.1. The van der Waals surface area contributed by atoms with Crippen LogP contribution in [0.3, 0.4) is 0 Å². The van der Waals surface area contributed by atoms with Crippen LogP contribution in [-0.2, 0) is 6.54 Å². The first-order valence-corrected chi connectivity index (χ1v) is 6.66. The van der Waals surface area contributed by atoms with Crippen LogP contribution in [0.5, 0.6) is 11.5 Å². The summed E-state index contributed by atoms with van der Waals surface area (Å²) in [6.45, 7) is 5.55. The summed E-state index contributed by atoms with van der Waals surface area (Å²) >= 11 is 0. The van der Waals surface area contributed by atoms with E-state index in [0.717, 1.165) is 31.1 Å². The van der Waals surface area contributed by atoms with Crippen LogP contribution in [0.2, 0.25) is 0 Å². The number of ether oxygens (including phenoxy) is 2. The van der Waals surface area contributed by atoms with Crippen molar-refractivity contribution in [1.82, 2.24) is 10.6 Å². The van der Waals surface area contributed by atoms with Crippen molar-refractivity contribution in [1.29, 1.82) is 0 Å². The molecular formula is C14H20N2O2. The topological polar surface area (TPSA) is 42.5 Å². The first kappa shape index (κ1) is 11.8. The van der Waals surface area contributed by atoms with Gasteiger partial charge in [0.1, 0.15) is 0 Å². The lowest BCUT2D eigenvalue weighted by molar-refractivity contribution is 0.174. The number of aryl methyl sites for hydroxylation is 1. The number of hydrogen-bond donors (Lipinski definition) is 2. The lowest BCUT2D eigenvalue weighted by Crippen LogP contribution is -2.33. The minimum absolute atomic E-state index is 0.345. The molecule has 0 bridgehead atoms. The second kappa shape index (κ2) is 5.16. The van der Waals surface area contributed by atoms with E-state index in [1.165, 1.54) is 24.0 Å². The molecule has 2 N–H and O–H groups in total. The second-order valence-corrected chi connectivity index (χ2v) is 5.06. The van der Waals surface area contributed by atoms with Gasteiger partial charge in [0.15, 0.2) is 11.5 Å². The Hall–Kier alpha value is -1.26. The van der Waals surface area contributed by atoms with Gasteiger partial charge in [-0.25, -0.2) is 0 Å². The highest BCUT2D eigenvalue weighted by atomic mass is 16.7. The van der Waals surface area contributed by atoms with Gasteiger partial charge in [0, 0.05) is 19.1 Å². The van der Waals surface area contributed by atoms with Gasteiger partial charge >= 0.3 is 0 Å². The van der Waals surface area contributed by atoms with Crippen molar-refractivity contribution in [3.05, 3.63) is 23.3 Å². The Bertz CT molecular complexity index is 428. The van der Waals surface area contributed by atoms with Crippen LogP contribution in [0.4, 0.5) is 0 Å². The number of benzene rings is 1. The molecule has 4 heteroatoms. The van der Waals surface area contributed by atoms with E-state index in [-0.39, 0.29) is 0 Å². The molecule has 4 nitrogen and oxygen atoms in total. The van der Waals surface area contributed by atoms with E-state index in [1.807, 2.05) is 0 Å². The third-order valence-electron chi connectivity index (χ3n) is 3.70. The molecule has 0 amide bonds. The summed E-state index contributed by atoms with van der Waals surface area (Å²) in [5, 5.41) is 7.01. The average Bonchev–Trinajstić information content (AvgIpc) is 3.00. The van der Waals surface area contributed by atoms with Crippen LogP contribution in [-0.4, -0.2) is 25.9 Å². The standard InChI is InChI=1S/C14H20N2O2/c1-10-5-13-14(18-9-17-13)6-11(10)7-15-8-12-3-2-4-16-12/h5-6,12,15-16H,2-4,7-9H2,1H3. The van der Waals surface area contributed by atoms with E-state index >= 15 is 0 Å². The van der Waals surface area contributed by atoms with Crippen molar-refractivity contribution in [3.8, 4) is 11.5 Å². The summed E-state index contributed by atoms with van der Waals surface area (Å²) in [6.07, 6.45) is 2.59. The minimum Gasteiger partial charge on any atom is -0.454 e. The molecule has 2 aliphatic rings. The van der Waals surface area contributed by atoms with Gasteiger partial charge in [0.05, 0.1) is 0 Å². The summed E-state index contributed by atoms with van der Waals surface area (Å²) < 4.78 is 10.8. The van der Waals surface area contributed by atoms with E-state index in [9.17, 15) is 0 Å². The van der Waals surface area contributed by atoms with Crippen LogP contribution >= 0.6 is 0 Å². The van der Waals surface area contributed by atoms with E-state index in [0.29, 0.717) is 12.8 Å². The summed E-state index contributed by atoms with van der Waals surface area (Å²) in [6, 6.07) is 4.79. The van der Waals surface area contributed by atoms with Gasteiger partial charge in [-0.1, -0.05) is 0 Å². The lowest BCUT2D eigenvalue weighted by Gasteiger charge is -2.13. The first-order valence-electron chi connectivity index (χ1n) is 6.66. The summed E-state index contributed by atoms with van der Waals surface area (Å²) in [5.74, 6) is 1.74. The molecule has 1 atom stereocenters. The fraction of sp³-hybridized carbons (Fsp3) is 0.571. The summed E-state index contributed by atoms with van der Waals surface area (Å²) in [5.41, 5.74) is 2.54. The third-order valence-corrected chi connectivity index (χ3v) is 3.70. The van der Waals surface area contributed by atoms with E-state index in [1.54, 1.807) is 0 Å². The Morgan fingerprint density at radius 2 is 2.17 bits per heavy atom. The summed E-state index contributed by atoms with van der Waals surface area (Å²) in [4.78, 5) is 0. The smallest absolute Gasteiger partial charge is 0.231 e. The molecular weight excluding hydrogens is 228 g/mol. The predicted molar refractivity (Wildman–Crippen MR) is 70.0 cm³/mol. The van der Waals surface area contributed by atoms with Crippen molar-refractivity contribution in [2.24, 2.45) is 0 Å². The van der Waals surface area contributed by atoms with Crippen LogP contribution in [0.25, 0.3) is 0 Å². The Balaban J connectivity index is 1.58. The van der Waals surface area contributed by atoms with Crippen molar-refractivity contribution < 1.29 is 9.47 Å². The number of fused-ring (bicyclic) bond motifs is 1. The van der Waals surface area contributed by atoms with Crippen molar-refractivity contribution in [2.45, 2.75) is 32.4 Å². The quantitative estimate of drug-likeness (QED) is 0.848. The zero-order valence-electron chi connectivity index (χ0n) is 10.8. The highest BCUT2D eigenvalue weighted by Crippen LogP contribution is 2.34. The maximum atomic E-state index is 5.41. The fourth-order valence-corrected chi connectivity index (χ4v) is 2.59. The van der Waals surface area contributed by atoms with E-state index < -0.39 is 0 Å². The average molecular weight is 248 g/mol. The first-order chi connectivity index (χ1) is 8.83. The molecule has 1 fully saturated rings. The molecule has 2 aliphatic heterocycles. The van der Waals surface area contributed by atoms with Gasteiger partial charge in [0.2, 0.25) is 6.79 Å². The SMILES string of the molecule is Cc1cc2c(cc1CNCC1CCCN1)OCO2. The highest BCUT2D eigenvalue weighted by Gasteiger charge is 2.16. The van der Waals surface area contributed by atoms with E-state index in [2.05, 4.69) is 29.7 Å². The monoisotopic (exact) mass is 248 g/mol. The Morgan fingerprint density at radius 3 is 2.94 bits per heavy atom. The Kier molecular flexibility index (Phi) is 3.39. The van der Waals surface area contributed by atoms with Crippen LogP contribution in [0.15, 0.2) is 12.1 Å².